The molecule has 32 heavy (non-hydrogen) atoms. The summed E-state index contributed by atoms with van der Waals surface area (Å²) in [6.45, 7) is 4.58. The summed E-state index contributed by atoms with van der Waals surface area (Å²) in [7, 11) is 3.25. The fourth-order valence-corrected chi connectivity index (χ4v) is 4.42. The molecule has 0 bridgehead atoms. The molecule has 0 saturated carbocycles. The number of likely N-dealkylation sites (tertiary alicyclic amines) is 1. The minimum Gasteiger partial charge on any atom is -0.493 e. The summed E-state index contributed by atoms with van der Waals surface area (Å²) in [6, 6.07) is 13.6. The molecule has 7 heteroatoms. The lowest BCUT2D eigenvalue weighted by molar-refractivity contribution is 0.185. The fraction of sp³-hybridized carbons (Fsp3) is 0.360. The molecule has 0 spiro atoms. The van der Waals surface area contributed by atoms with Gasteiger partial charge in [0, 0.05) is 19.0 Å². The average molecular weight is 434 g/mol. The second-order valence-corrected chi connectivity index (χ2v) is 8.16. The van der Waals surface area contributed by atoms with E-state index in [0.717, 1.165) is 66.5 Å². The van der Waals surface area contributed by atoms with Crippen LogP contribution in [-0.2, 0) is 6.54 Å². The lowest BCUT2D eigenvalue weighted by Crippen LogP contribution is -2.34. The summed E-state index contributed by atoms with van der Waals surface area (Å²) in [5, 5.41) is 0. The molecule has 3 heterocycles. The summed E-state index contributed by atoms with van der Waals surface area (Å²) >= 11 is 0. The summed E-state index contributed by atoms with van der Waals surface area (Å²) in [4.78, 5) is 11.9. The van der Waals surface area contributed by atoms with Gasteiger partial charge in [-0.1, -0.05) is 18.2 Å². The van der Waals surface area contributed by atoms with Crippen LogP contribution in [0.4, 0.5) is 0 Å². The third kappa shape index (κ3) is 3.84. The number of oxazole rings is 2. The van der Waals surface area contributed by atoms with Gasteiger partial charge in [0.05, 0.1) is 25.5 Å². The molecule has 7 nitrogen and oxygen atoms in total. The van der Waals surface area contributed by atoms with E-state index in [2.05, 4.69) is 4.90 Å². The van der Waals surface area contributed by atoms with E-state index in [1.165, 1.54) is 0 Å². The van der Waals surface area contributed by atoms with Gasteiger partial charge in [-0.3, -0.25) is 4.90 Å². The molecule has 1 aliphatic heterocycles. The molecule has 5 rings (SSSR count). The van der Waals surface area contributed by atoms with Gasteiger partial charge in [-0.15, -0.1) is 0 Å². The summed E-state index contributed by atoms with van der Waals surface area (Å²) in [5.41, 5.74) is 3.49. The zero-order valence-corrected chi connectivity index (χ0v) is 18.6. The number of hydrogen-bond donors (Lipinski definition) is 0. The maximum Gasteiger partial charge on any atom is 0.230 e. The molecule has 0 unspecified atom stereocenters. The van der Waals surface area contributed by atoms with Gasteiger partial charge in [0.15, 0.2) is 23.0 Å². The maximum absolute atomic E-state index is 6.04. The second-order valence-electron chi connectivity index (χ2n) is 8.16. The molecular formula is C25H27N3O4. The van der Waals surface area contributed by atoms with Gasteiger partial charge in [0.25, 0.3) is 0 Å². The van der Waals surface area contributed by atoms with Crippen molar-refractivity contribution in [2.75, 3.05) is 27.3 Å². The molecular weight excluding hydrogens is 406 g/mol. The van der Waals surface area contributed by atoms with Gasteiger partial charge >= 0.3 is 0 Å². The Balaban J connectivity index is 1.35. The highest BCUT2D eigenvalue weighted by Crippen LogP contribution is 2.38. The molecule has 0 N–H and O–H groups in total. The number of hydrogen-bond acceptors (Lipinski definition) is 7. The first-order valence-corrected chi connectivity index (χ1v) is 10.9. The monoisotopic (exact) mass is 433 g/mol. The quantitative estimate of drug-likeness (QED) is 0.414. The van der Waals surface area contributed by atoms with Crippen LogP contribution in [0.2, 0.25) is 0 Å². The van der Waals surface area contributed by atoms with Crippen molar-refractivity contribution < 1.29 is 18.3 Å². The van der Waals surface area contributed by atoms with E-state index in [4.69, 9.17) is 28.3 Å². The topological polar surface area (TPSA) is 73.8 Å². The Hall–Kier alpha value is -3.32. The van der Waals surface area contributed by atoms with Crippen LogP contribution in [0.1, 0.15) is 36.1 Å². The van der Waals surface area contributed by atoms with Crippen LogP contribution in [0.5, 0.6) is 11.5 Å². The minimum atomic E-state index is 0.279. The van der Waals surface area contributed by atoms with Crippen LogP contribution in [0.3, 0.4) is 0 Å². The Morgan fingerprint density at radius 1 is 1.03 bits per heavy atom. The number of aromatic nitrogens is 2. The van der Waals surface area contributed by atoms with Gasteiger partial charge < -0.3 is 18.3 Å². The summed E-state index contributed by atoms with van der Waals surface area (Å²) in [6.07, 6.45) is 2.17. The molecule has 1 aliphatic rings. The minimum absolute atomic E-state index is 0.279. The smallest absolute Gasteiger partial charge is 0.230 e. The fourth-order valence-electron chi connectivity index (χ4n) is 4.42. The van der Waals surface area contributed by atoms with Crippen LogP contribution in [-0.4, -0.2) is 42.2 Å². The van der Waals surface area contributed by atoms with Crippen molar-refractivity contribution in [2.45, 2.75) is 32.2 Å². The Bertz CT molecular complexity index is 1200. The predicted molar refractivity (Wildman–Crippen MR) is 121 cm³/mol. The van der Waals surface area contributed by atoms with Crippen LogP contribution in [0, 0.1) is 6.92 Å². The lowest BCUT2D eigenvalue weighted by atomic mass is 9.98. The van der Waals surface area contributed by atoms with Crippen LogP contribution < -0.4 is 9.47 Å². The number of aryl methyl sites for hydroxylation is 1. The van der Waals surface area contributed by atoms with Crippen molar-refractivity contribution in [3.05, 3.63) is 59.8 Å². The number of benzene rings is 2. The van der Waals surface area contributed by atoms with E-state index in [-0.39, 0.29) is 5.92 Å². The highest BCUT2D eigenvalue weighted by Gasteiger charge is 2.27. The largest absolute Gasteiger partial charge is 0.493 e. The molecule has 1 saturated heterocycles. The molecule has 0 aliphatic carbocycles. The number of rotatable bonds is 6. The number of nitrogens with zero attached hydrogens (tertiary/aromatic N) is 3. The highest BCUT2D eigenvalue weighted by atomic mass is 16.5. The Morgan fingerprint density at radius 2 is 1.91 bits per heavy atom. The molecule has 1 fully saturated rings. The molecule has 0 amide bonds. The second kappa shape index (κ2) is 8.67. The Morgan fingerprint density at radius 3 is 2.72 bits per heavy atom. The van der Waals surface area contributed by atoms with Crippen LogP contribution in [0.25, 0.3) is 22.6 Å². The van der Waals surface area contributed by atoms with E-state index >= 15 is 0 Å². The number of piperidine rings is 1. The van der Waals surface area contributed by atoms with Crippen molar-refractivity contribution in [3.8, 4) is 23.0 Å². The van der Waals surface area contributed by atoms with Crippen LogP contribution >= 0.6 is 0 Å². The van der Waals surface area contributed by atoms with Crippen molar-refractivity contribution in [3.63, 3.8) is 0 Å². The Kier molecular flexibility index (Phi) is 5.57. The zero-order chi connectivity index (χ0) is 22.1. The summed E-state index contributed by atoms with van der Waals surface area (Å²) in [5.74, 6) is 3.74. The van der Waals surface area contributed by atoms with Crippen molar-refractivity contribution in [1.29, 1.82) is 0 Å². The molecule has 2 aromatic heterocycles. The summed E-state index contributed by atoms with van der Waals surface area (Å²) < 4.78 is 23.0. The van der Waals surface area contributed by atoms with E-state index < -0.39 is 0 Å². The third-order valence-corrected chi connectivity index (χ3v) is 6.06. The normalized spacial score (nSPS) is 17.0. The van der Waals surface area contributed by atoms with Crippen molar-refractivity contribution in [2.24, 2.45) is 0 Å². The van der Waals surface area contributed by atoms with E-state index in [9.17, 15) is 0 Å². The van der Waals surface area contributed by atoms with Gasteiger partial charge in [0.2, 0.25) is 5.89 Å². The average Bonchev–Trinajstić information content (AvgIpc) is 3.42. The van der Waals surface area contributed by atoms with Gasteiger partial charge in [-0.25, -0.2) is 9.97 Å². The molecule has 1 atom stereocenters. The number of methoxy groups -OCH3 is 2. The SMILES string of the molecule is COc1cccc(-c2nc(CN3CCC[C@H](c4nc5ccccc5o4)C3)c(C)o2)c1OC. The maximum atomic E-state index is 6.04. The number of para-hydroxylation sites is 3. The molecule has 2 aromatic carbocycles. The third-order valence-electron chi connectivity index (χ3n) is 6.06. The molecule has 0 radical (unpaired) electrons. The van der Waals surface area contributed by atoms with Gasteiger partial charge in [-0.05, 0) is 50.6 Å². The van der Waals surface area contributed by atoms with Crippen molar-refractivity contribution >= 4 is 11.1 Å². The first kappa shape index (κ1) is 20.6. The predicted octanol–water partition coefficient (Wildman–Crippen LogP) is 5.19. The highest BCUT2D eigenvalue weighted by molar-refractivity contribution is 5.72. The molecule has 4 aromatic rings. The molecule has 166 valence electrons. The lowest BCUT2D eigenvalue weighted by Gasteiger charge is -2.30. The van der Waals surface area contributed by atoms with E-state index in [0.29, 0.717) is 17.4 Å². The van der Waals surface area contributed by atoms with E-state index in [1.54, 1.807) is 14.2 Å². The standard InChI is InChI=1S/C25H27N3O4/c1-16-20(27-25(31-16)18-9-6-12-22(29-2)23(18)30-3)15-28-13-7-8-17(14-28)24-26-19-10-4-5-11-21(19)32-24/h4-6,9-12,17H,7-8,13-15H2,1-3H3/t17-/m0/s1. The first-order chi connectivity index (χ1) is 15.7. The van der Waals surface area contributed by atoms with E-state index in [1.807, 2.05) is 49.4 Å². The van der Waals surface area contributed by atoms with Gasteiger partial charge in [-0.2, -0.15) is 0 Å². The first-order valence-electron chi connectivity index (χ1n) is 10.9. The van der Waals surface area contributed by atoms with Crippen molar-refractivity contribution in [1.82, 2.24) is 14.9 Å². The van der Waals surface area contributed by atoms with Gasteiger partial charge in [0.1, 0.15) is 11.3 Å². The zero-order valence-electron chi connectivity index (χ0n) is 18.6. The Labute approximate surface area is 187 Å². The van der Waals surface area contributed by atoms with Crippen LogP contribution in [0.15, 0.2) is 51.3 Å². The number of fused-ring (bicyclic) bond motifs is 1. The number of ether oxygens (including phenoxy) is 2.